The highest BCUT2D eigenvalue weighted by molar-refractivity contribution is 6.30. The first-order valence-corrected chi connectivity index (χ1v) is 6.32. The van der Waals surface area contributed by atoms with E-state index < -0.39 is 0 Å². The van der Waals surface area contributed by atoms with E-state index >= 15 is 0 Å². The van der Waals surface area contributed by atoms with E-state index in [0.717, 1.165) is 23.7 Å². The zero-order valence-electron chi connectivity index (χ0n) is 10.2. The lowest BCUT2D eigenvalue weighted by atomic mass is 10.1. The van der Waals surface area contributed by atoms with Gasteiger partial charge in [-0.1, -0.05) is 60.6 Å². The number of rotatable bonds is 5. The van der Waals surface area contributed by atoms with E-state index in [0.29, 0.717) is 0 Å². The molecular formula is C16H16ClN. The van der Waals surface area contributed by atoms with Gasteiger partial charge in [-0.15, -0.1) is 0 Å². The molecular weight excluding hydrogens is 242 g/mol. The molecule has 0 aliphatic rings. The molecule has 0 aliphatic heterocycles. The molecule has 0 heterocycles. The molecule has 0 atom stereocenters. The number of hydrogen-bond donors (Lipinski definition) is 1. The second-order valence-electron chi connectivity index (χ2n) is 4.20. The maximum Gasteiger partial charge on any atom is 0.0409 e. The Morgan fingerprint density at radius 3 is 2.56 bits per heavy atom. The van der Waals surface area contributed by atoms with Gasteiger partial charge >= 0.3 is 0 Å². The highest BCUT2D eigenvalue weighted by Gasteiger charge is 1.98. The van der Waals surface area contributed by atoms with E-state index in [1.165, 1.54) is 11.1 Å². The second-order valence-corrected chi connectivity index (χ2v) is 4.64. The molecule has 18 heavy (non-hydrogen) atoms. The lowest BCUT2D eigenvalue weighted by Gasteiger charge is -2.08. The van der Waals surface area contributed by atoms with Crippen molar-refractivity contribution in [3.8, 4) is 0 Å². The summed E-state index contributed by atoms with van der Waals surface area (Å²) in [7, 11) is 0. The van der Waals surface area contributed by atoms with Crippen LogP contribution in [-0.2, 0) is 6.54 Å². The van der Waals surface area contributed by atoms with Crippen LogP contribution in [0.4, 0.5) is 0 Å². The fraction of sp³-hybridized carbons (Fsp3) is 0.125. The summed E-state index contributed by atoms with van der Waals surface area (Å²) in [5.41, 5.74) is 3.46. The maximum atomic E-state index is 5.94. The van der Waals surface area contributed by atoms with Crippen LogP contribution in [0.15, 0.2) is 61.2 Å². The molecule has 2 aromatic carbocycles. The summed E-state index contributed by atoms with van der Waals surface area (Å²) < 4.78 is 0. The van der Waals surface area contributed by atoms with Crippen molar-refractivity contribution in [2.24, 2.45) is 0 Å². The average Bonchev–Trinajstić information content (AvgIpc) is 2.40. The first-order valence-electron chi connectivity index (χ1n) is 5.94. The lowest BCUT2D eigenvalue weighted by molar-refractivity contribution is 0.768. The summed E-state index contributed by atoms with van der Waals surface area (Å²) in [4.78, 5) is 0. The van der Waals surface area contributed by atoms with Gasteiger partial charge in [0.15, 0.2) is 0 Å². The molecule has 0 spiro atoms. The van der Waals surface area contributed by atoms with Gasteiger partial charge in [0.25, 0.3) is 0 Å². The van der Waals surface area contributed by atoms with Crippen molar-refractivity contribution < 1.29 is 0 Å². The summed E-state index contributed by atoms with van der Waals surface area (Å²) in [6.07, 6.45) is 0. The van der Waals surface area contributed by atoms with Gasteiger partial charge in [0, 0.05) is 18.1 Å². The monoisotopic (exact) mass is 257 g/mol. The molecule has 2 aromatic rings. The molecule has 0 saturated carbocycles. The van der Waals surface area contributed by atoms with Crippen LogP contribution >= 0.6 is 11.6 Å². The SMILES string of the molecule is C=C(CNCc1cccc(Cl)c1)c1ccccc1. The van der Waals surface area contributed by atoms with Gasteiger partial charge in [-0.25, -0.2) is 0 Å². The first-order chi connectivity index (χ1) is 8.75. The Morgan fingerprint density at radius 2 is 1.83 bits per heavy atom. The van der Waals surface area contributed by atoms with Gasteiger partial charge in [-0.2, -0.15) is 0 Å². The Kier molecular flexibility index (Phi) is 4.57. The summed E-state index contributed by atoms with van der Waals surface area (Å²) in [6.45, 7) is 5.66. The molecule has 1 N–H and O–H groups in total. The van der Waals surface area contributed by atoms with Crippen LogP contribution < -0.4 is 5.32 Å². The van der Waals surface area contributed by atoms with Crippen molar-refractivity contribution in [3.63, 3.8) is 0 Å². The Balaban J connectivity index is 1.84. The minimum atomic E-state index is 0.774. The fourth-order valence-corrected chi connectivity index (χ4v) is 1.99. The molecule has 0 bridgehead atoms. The van der Waals surface area contributed by atoms with Crippen LogP contribution in [0.25, 0.3) is 5.57 Å². The van der Waals surface area contributed by atoms with Crippen LogP contribution in [0.3, 0.4) is 0 Å². The largest absolute Gasteiger partial charge is 0.309 e. The van der Waals surface area contributed by atoms with E-state index in [-0.39, 0.29) is 0 Å². The fourth-order valence-electron chi connectivity index (χ4n) is 1.78. The first kappa shape index (κ1) is 12.9. The summed E-state index contributed by atoms with van der Waals surface area (Å²) in [5, 5.41) is 4.14. The van der Waals surface area contributed by atoms with Crippen LogP contribution in [-0.4, -0.2) is 6.54 Å². The predicted octanol–water partition coefficient (Wildman–Crippen LogP) is 4.14. The Hall–Kier alpha value is -1.57. The van der Waals surface area contributed by atoms with Crippen molar-refractivity contribution in [1.82, 2.24) is 5.32 Å². The molecule has 0 aliphatic carbocycles. The molecule has 0 fully saturated rings. The molecule has 0 amide bonds. The van der Waals surface area contributed by atoms with Crippen molar-refractivity contribution in [2.45, 2.75) is 6.54 Å². The zero-order chi connectivity index (χ0) is 12.8. The third-order valence-electron chi connectivity index (χ3n) is 2.74. The molecule has 2 rings (SSSR count). The van der Waals surface area contributed by atoms with Crippen molar-refractivity contribution in [1.29, 1.82) is 0 Å². The molecule has 0 radical (unpaired) electrons. The number of halogens is 1. The second kappa shape index (κ2) is 6.39. The normalized spacial score (nSPS) is 10.3. The van der Waals surface area contributed by atoms with E-state index in [4.69, 9.17) is 11.6 Å². The van der Waals surface area contributed by atoms with Gasteiger partial charge in [0.2, 0.25) is 0 Å². The van der Waals surface area contributed by atoms with E-state index in [1.807, 2.05) is 36.4 Å². The van der Waals surface area contributed by atoms with Gasteiger partial charge in [0.05, 0.1) is 0 Å². The Labute approximate surface area is 113 Å². The molecule has 2 heteroatoms. The average molecular weight is 258 g/mol. The lowest BCUT2D eigenvalue weighted by Crippen LogP contribution is -2.15. The number of nitrogens with one attached hydrogen (secondary N) is 1. The van der Waals surface area contributed by atoms with E-state index in [1.54, 1.807) is 0 Å². The number of benzene rings is 2. The highest BCUT2D eigenvalue weighted by atomic mass is 35.5. The number of hydrogen-bond acceptors (Lipinski definition) is 1. The smallest absolute Gasteiger partial charge is 0.0409 e. The third kappa shape index (κ3) is 3.73. The Bertz CT molecular complexity index is 520. The predicted molar refractivity (Wildman–Crippen MR) is 78.6 cm³/mol. The highest BCUT2D eigenvalue weighted by Crippen LogP contribution is 2.12. The molecule has 0 unspecified atom stereocenters. The Morgan fingerprint density at radius 1 is 1.06 bits per heavy atom. The topological polar surface area (TPSA) is 12.0 Å². The van der Waals surface area contributed by atoms with Gasteiger partial charge in [0.1, 0.15) is 0 Å². The van der Waals surface area contributed by atoms with Crippen molar-refractivity contribution in [3.05, 3.63) is 77.3 Å². The van der Waals surface area contributed by atoms with E-state index in [2.05, 4.69) is 30.1 Å². The summed E-state index contributed by atoms with van der Waals surface area (Å²) >= 11 is 5.94. The van der Waals surface area contributed by atoms with Crippen molar-refractivity contribution in [2.75, 3.05) is 6.54 Å². The molecule has 0 saturated heterocycles. The minimum Gasteiger partial charge on any atom is -0.309 e. The molecule has 0 aromatic heterocycles. The van der Waals surface area contributed by atoms with Crippen molar-refractivity contribution >= 4 is 17.2 Å². The van der Waals surface area contributed by atoms with Gasteiger partial charge in [-0.05, 0) is 28.8 Å². The van der Waals surface area contributed by atoms with Crippen LogP contribution in [0.2, 0.25) is 5.02 Å². The minimum absolute atomic E-state index is 0.774. The third-order valence-corrected chi connectivity index (χ3v) is 2.97. The van der Waals surface area contributed by atoms with Crippen LogP contribution in [0.5, 0.6) is 0 Å². The van der Waals surface area contributed by atoms with Crippen LogP contribution in [0.1, 0.15) is 11.1 Å². The zero-order valence-corrected chi connectivity index (χ0v) is 11.0. The van der Waals surface area contributed by atoms with Gasteiger partial charge < -0.3 is 5.32 Å². The quantitative estimate of drug-likeness (QED) is 0.849. The standard InChI is InChI=1S/C16H16ClN/c1-13(15-7-3-2-4-8-15)11-18-12-14-6-5-9-16(17)10-14/h2-10,18H,1,11-12H2. The molecule has 92 valence electrons. The maximum absolute atomic E-state index is 5.94. The van der Waals surface area contributed by atoms with Crippen LogP contribution in [0, 0.1) is 0 Å². The summed E-state index contributed by atoms with van der Waals surface area (Å²) in [6, 6.07) is 18.1. The summed E-state index contributed by atoms with van der Waals surface area (Å²) in [5.74, 6) is 0. The molecule has 1 nitrogen and oxygen atoms in total. The van der Waals surface area contributed by atoms with E-state index in [9.17, 15) is 0 Å². The van der Waals surface area contributed by atoms with Gasteiger partial charge in [-0.3, -0.25) is 0 Å².